The SMILES string of the molecule is CSCc1nc(C(=O)NCC(c2ccccc2)S(=O)(=O)c2ccc(F)cc2)cc(=O)[nH]1. The van der Waals surface area contributed by atoms with Gasteiger partial charge in [0.2, 0.25) is 0 Å². The number of hydrogen-bond donors (Lipinski definition) is 2. The second-order valence-corrected chi connectivity index (χ2v) is 9.62. The Balaban J connectivity index is 1.89. The number of amides is 1. The van der Waals surface area contributed by atoms with Gasteiger partial charge in [-0.25, -0.2) is 17.8 Å². The molecule has 0 radical (unpaired) electrons. The summed E-state index contributed by atoms with van der Waals surface area (Å²) in [4.78, 5) is 31.0. The van der Waals surface area contributed by atoms with Crippen molar-refractivity contribution in [3.63, 3.8) is 0 Å². The molecule has 3 aromatic rings. The minimum atomic E-state index is -3.95. The zero-order valence-electron chi connectivity index (χ0n) is 16.5. The molecule has 10 heteroatoms. The molecule has 0 aliphatic rings. The van der Waals surface area contributed by atoms with Crippen LogP contribution in [0.25, 0.3) is 0 Å². The highest BCUT2D eigenvalue weighted by Crippen LogP contribution is 2.28. The highest BCUT2D eigenvalue weighted by Gasteiger charge is 2.30. The first-order chi connectivity index (χ1) is 14.8. The van der Waals surface area contributed by atoms with Crippen molar-refractivity contribution in [3.8, 4) is 0 Å². The molecule has 7 nitrogen and oxygen atoms in total. The highest BCUT2D eigenvalue weighted by atomic mass is 32.2. The molecule has 1 atom stereocenters. The third-order valence-corrected chi connectivity index (χ3v) is 7.12. The Bertz CT molecular complexity index is 1210. The van der Waals surface area contributed by atoms with Crippen LogP contribution in [-0.2, 0) is 15.6 Å². The van der Waals surface area contributed by atoms with Crippen molar-refractivity contribution in [2.45, 2.75) is 15.9 Å². The maximum Gasteiger partial charge on any atom is 0.270 e. The molecule has 0 aliphatic heterocycles. The number of benzene rings is 2. The van der Waals surface area contributed by atoms with E-state index in [-0.39, 0.29) is 17.1 Å². The minimum absolute atomic E-state index is 0.0615. The summed E-state index contributed by atoms with van der Waals surface area (Å²) < 4.78 is 39.8. The molecule has 162 valence electrons. The van der Waals surface area contributed by atoms with Crippen molar-refractivity contribution in [1.82, 2.24) is 15.3 Å². The number of thioether (sulfide) groups is 1. The van der Waals surface area contributed by atoms with Crippen molar-refractivity contribution in [2.75, 3.05) is 12.8 Å². The van der Waals surface area contributed by atoms with Crippen LogP contribution in [0.4, 0.5) is 4.39 Å². The molecule has 0 spiro atoms. The van der Waals surface area contributed by atoms with Crippen LogP contribution < -0.4 is 10.9 Å². The normalized spacial score (nSPS) is 12.3. The van der Waals surface area contributed by atoms with Gasteiger partial charge in [0, 0.05) is 12.6 Å². The standard InChI is InChI=1S/C21H20FN3O4S2/c1-30-13-19-24-17(11-20(26)25-19)21(27)23-12-18(14-5-3-2-4-6-14)31(28,29)16-9-7-15(22)8-10-16/h2-11,18H,12-13H2,1H3,(H,23,27)(H,24,25,26). The number of rotatable bonds is 8. The fourth-order valence-electron chi connectivity index (χ4n) is 2.97. The largest absolute Gasteiger partial charge is 0.349 e. The second-order valence-electron chi connectivity index (χ2n) is 6.62. The number of sulfone groups is 1. The summed E-state index contributed by atoms with van der Waals surface area (Å²) in [5.74, 6) is -0.445. The summed E-state index contributed by atoms with van der Waals surface area (Å²) >= 11 is 1.43. The Kier molecular flexibility index (Phi) is 7.24. The summed E-state index contributed by atoms with van der Waals surface area (Å²) in [5, 5.41) is 1.45. The summed E-state index contributed by atoms with van der Waals surface area (Å²) in [6.07, 6.45) is 1.83. The Labute approximate surface area is 183 Å². The first-order valence-corrected chi connectivity index (χ1v) is 12.2. The number of nitrogens with zero attached hydrogens (tertiary/aromatic N) is 1. The lowest BCUT2D eigenvalue weighted by Gasteiger charge is -2.19. The average Bonchev–Trinajstić information content (AvgIpc) is 2.74. The summed E-state index contributed by atoms with van der Waals surface area (Å²) in [5.41, 5.74) is -0.101. The number of carbonyl (C=O) groups is 1. The van der Waals surface area contributed by atoms with Crippen molar-refractivity contribution < 1.29 is 17.6 Å². The van der Waals surface area contributed by atoms with Crippen LogP contribution in [0.5, 0.6) is 0 Å². The predicted molar refractivity (Wildman–Crippen MR) is 117 cm³/mol. The van der Waals surface area contributed by atoms with Gasteiger partial charge in [0.25, 0.3) is 11.5 Å². The molecule has 1 unspecified atom stereocenters. The Morgan fingerprint density at radius 2 is 1.84 bits per heavy atom. The van der Waals surface area contributed by atoms with Crippen LogP contribution in [0.2, 0.25) is 0 Å². The third-order valence-electron chi connectivity index (χ3n) is 4.44. The summed E-state index contributed by atoms with van der Waals surface area (Å²) in [6.45, 7) is -0.255. The van der Waals surface area contributed by atoms with Gasteiger partial charge in [-0.05, 0) is 36.1 Å². The van der Waals surface area contributed by atoms with E-state index in [1.165, 1.54) is 23.9 Å². The Hall–Kier alpha value is -2.98. The average molecular weight is 462 g/mol. The van der Waals surface area contributed by atoms with Gasteiger partial charge < -0.3 is 10.3 Å². The lowest BCUT2D eigenvalue weighted by molar-refractivity contribution is 0.0948. The topological polar surface area (TPSA) is 109 Å². The molecule has 31 heavy (non-hydrogen) atoms. The van der Waals surface area contributed by atoms with E-state index in [4.69, 9.17) is 0 Å². The van der Waals surface area contributed by atoms with E-state index in [1.807, 2.05) is 6.26 Å². The summed E-state index contributed by atoms with van der Waals surface area (Å²) in [6, 6.07) is 14.0. The monoisotopic (exact) mass is 461 g/mol. The van der Waals surface area contributed by atoms with Crippen molar-refractivity contribution in [2.24, 2.45) is 0 Å². The van der Waals surface area contributed by atoms with E-state index < -0.39 is 32.4 Å². The van der Waals surface area contributed by atoms with Crippen molar-refractivity contribution in [3.05, 3.63) is 93.9 Å². The van der Waals surface area contributed by atoms with E-state index in [9.17, 15) is 22.4 Å². The summed E-state index contributed by atoms with van der Waals surface area (Å²) in [7, 11) is -3.95. The number of halogens is 1. The van der Waals surface area contributed by atoms with E-state index in [0.29, 0.717) is 17.1 Å². The van der Waals surface area contributed by atoms with Crippen LogP contribution in [0.1, 0.15) is 27.1 Å². The minimum Gasteiger partial charge on any atom is -0.349 e. The van der Waals surface area contributed by atoms with Gasteiger partial charge in [-0.1, -0.05) is 30.3 Å². The van der Waals surface area contributed by atoms with Crippen LogP contribution in [0.15, 0.2) is 70.4 Å². The van der Waals surface area contributed by atoms with E-state index in [2.05, 4.69) is 15.3 Å². The Morgan fingerprint density at radius 1 is 1.16 bits per heavy atom. The van der Waals surface area contributed by atoms with E-state index in [0.717, 1.165) is 18.2 Å². The molecule has 3 rings (SSSR count). The van der Waals surface area contributed by atoms with Gasteiger partial charge in [0.05, 0.1) is 10.6 Å². The van der Waals surface area contributed by atoms with E-state index in [1.54, 1.807) is 30.3 Å². The molecule has 1 heterocycles. The van der Waals surface area contributed by atoms with Crippen LogP contribution >= 0.6 is 11.8 Å². The fourth-order valence-corrected chi connectivity index (χ4v) is 5.04. The lowest BCUT2D eigenvalue weighted by Crippen LogP contribution is -2.33. The molecular formula is C21H20FN3O4S2. The number of H-pyrrole nitrogens is 1. The first-order valence-electron chi connectivity index (χ1n) is 9.23. The molecule has 0 saturated carbocycles. The maximum absolute atomic E-state index is 13.3. The molecule has 2 N–H and O–H groups in total. The van der Waals surface area contributed by atoms with Gasteiger partial charge in [-0.15, -0.1) is 0 Å². The second kappa shape index (κ2) is 9.88. The molecule has 0 saturated heterocycles. The number of hydrogen-bond acceptors (Lipinski definition) is 6. The third kappa shape index (κ3) is 5.59. The molecule has 0 bridgehead atoms. The van der Waals surface area contributed by atoms with Gasteiger partial charge in [-0.3, -0.25) is 9.59 Å². The van der Waals surface area contributed by atoms with E-state index >= 15 is 0 Å². The smallest absolute Gasteiger partial charge is 0.270 e. The van der Waals surface area contributed by atoms with Gasteiger partial charge in [-0.2, -0.15) is 11.8 Å². The van der Waals surface area contributed by atoms with Crippen LogP contribution in [0, 0.1) is 5.82 Å². The molecule has 2 aromatic carbocycles. The molecule has 1 amide bonds. The molecule has 0 fully saturated rings. The van der Waals surface area contributed by atoms with Crippen LogP contribution in [-0.4, -0.2) is 37.1 Å². The fraction of sp³-hybridized carbons (Fsp3) is 0.190. The zero-order chi connectivity index (χ0) is 22.4. The Morgan fingerprint density at radius 3 is 2.48 bits per heavy atom. The number of aromatic nitrogens is 2. The van der Waals surface area contributed by atoms with Crippen molar-refractivity contribution in [1.29, 1.82) is 0 Å². The molecular weight excluding hydrogens is 441 g/mol. The zero-order valence-corrected chi connectivity index (χ0v) is 18.2. The van der Waals surface area contributed by atoms with Gasteiger partial charge >= 0.3 is 0 Å². The number of aromatic amines is 1. The van der Waals surface area contributed by atoms with Gasteiger partial charge in [0.1, 0.15) is 22.6 Å². The number of carbonyl (C=O) groups excluding carboxylic acids is 1. The molecule has 1 aromatic heterocycles. The predicted octanol–water partition coefficient (Wildman–Crippen LogP) is 2.72. The van der Waals surface area contributed by atoms with Gasteiger partial charge in [0.15, 0.2) is 9.84 Å². The molecule has 0 aliphatic carbocycles. The highest BCUT2D eigenvalue weighted by molar-refractivity contribution is 7.97. The first kappa shape index (κ1) is 22.7. The van der Waals surface area contributed by atoms with Crippen molar-refractivity contribution >= 4 is 27.5 Å². The van der Waals surface area contributed by atoms with Crippen LogP contribution in [0.3, 0.4) is 0 Å². The quantitative estimate of drug-likeness (QED) is 0.500. The maximum atomic E-state index is 13.3. The number of nitrogens with one attached hydrogen (secondary N) is 2. The lowest BCUT2D eigenvalue weighted by atomic mass is 10.1.